The summed E-state index contributed by atoms with van der Waals surface area (Å²) < 4.78 is 0. The highest BCUT2D eigenvalue weighted by molar-refractivity contribution is 7.16. The molecular weight excluding hydrogens is 310 g/mol. The van der Waals surface area contributed by atoms with Gasteiger partial charge in [-0.1, -0.05) is 20.4 Å². The monoisotopic (exact) mass is 335 g/mol. The second-order valence-corrected chi connectivity index (χ2v) is 7.48. The molecule has 1 fully saturated rings. The van der Waals surface area contributed by atoms with Crippen LogP contribution < -0.4 is 4.90 Å². The lowest BCUT2D eigenvalue weighted by Crippen LogP contribution is -2.51. The fraction of sp³-hybridized carbons (Fsp3) is 0.529. The molecule has 0 N–H and O–H groups in total. The lowest BCUT2D eigenvalue weighted by Gasteiger charge is -2.33. The lowest BCUT2D eigenvalue weighted by molar-refractivity contribution is -0.126. The van der Waals surface area contributed by atoms with Crippen LogP contribution in [0.2, 0.25) is 0 Å². The molecule has 126 valence electrons. The van der Waals surface area contributed by atoms with Gasteiger partial charge in [0.15, 0.2) is 0 Å². The molecular formula is C17H25N3O2S. The maximum absolute atomic E-state index is 12.4. The van der Waals surface area contributed by atoms with Crippen molar-refractivity contribution >= 4 is 28.2 Å². The molecule has 1 aliphatic heterocycles. The fourth-order valence-electron chi connectivity index (χ4n) is 2.54. The number of rotatable bonds is 5. The van der Waals surface area contributed by atoms with Gasteiger partial charge >= 0.3 is 0 Å². The Morgan fingerprint density at radius 2 is 2.04 bits per heavy atom. The Labute approximate surface area is 142 Å². The normalized spacial score (nSPS) is 16.0. The van der Waals surface area contributed by atoms with Crippen molar-refractivity contribution < 1.29 is 9.59 Å². The van der Waals surface area contributed by atoms with E-state index in [9.17, 15) is 9.59 Å². The van der Waals surface area contributed by atoms with Gasteiger partial charge in [-0.15, -0.1) is 11.3 Å². The highest BCUT2D eigenvalue weighted by atomic mass is 32.1. The van der Waals surface area contributed by atoms with Crippen LogP contribution in [0.4, 0.5) is 5.00 Å². The summed E-state index contributed by atoms with van der Waals surface area (Å²) >= 11 is 1.68. The number of likely N-dealkylation sites (N-methyl/N-ethyl adjacent to an activating group) is 1. The molecule has 0 atom stereocenters. The summed E-state index contributed by atoms with van der Waals surface area (Å²) in [5.74, 6) is 0.476. The van der Waals surface area contributed by atoms with E-state index in [2.05, 4.69) is 26.5 Å². The Kier molecular flexibility index (Phi) is 5.59. The van der Waals surface area contributed by atoms with E-state index in [1.165, 1.54) is 9.78 Å². The van der Waals surface area contributed by atoms with E-state index >= 15 is 0 Å². The zero-order valence-corrected chi connectivity index (χ0v) is 15.2. The van der Waals surface area contributed by atoms with E-state index < -0.39 is 0 Å². The van der Waals surface area contributed by atoms with Crippen LogP contribution in [0.3, 0.4) is 0 Å². The lowest BCUT2D eigenvalue weighted by atomic mass is 10.2. The molecule has 2 heterocycles. The molecule has 1 aromatic heterocycles. The number of piperazine rings is 1. The van der Waals surface area contributed by atoms with Crippen LogP contribution in [-0.4, -0.2) is 61.9 Å². The van der Waals surface area contributed by atoms with Crippen molar-refractivity contribution in [2.75, 3.05) is 45.2 Å². The third kappa shape index (κ3) is 4.20. The third-order valence-corrected chi connectivity index (χ3v) is 5.28. The molecule has 0 saturated carbocycles. The van der Waals surface area contributed by atoms with E-state index in [0.29, 0.717) is 31.1 Å². The van der Waals surface area contributed by atoms with Gasteiger partial charge in [0.2, 0.25) is 11.8 Å². The Bertz CT molecular complexity index is 607. The largest absolute Gasteiger partial charge is 0.345 e. The number of carbonyl (C=O) groups is 2. The van der Waals surface area contributed by atoms with Crippen molar-refractivity contribution in [3.8, 4) is 0 Å². The van der Waals surface area contributed by atoms with Crippen molar-refractivity contribution in [2.24, 2.45) is 0 Å². The fourth-order valence-corrected chi connectivity index (χ4v) is 3.59. The van der Waals surface area contributed by atoms with Crippen LogP contribution in [0.5, 0.6) is 0 Å². The molecule has 5 nitrogen and oxygen atoms in total. The number of hydrogen-bond donors (Lipinski definition) is 0. The van der Waals surface area contributed by atoms with E-state index in [1.807, 2.05) is 15.9 Å². The first kappa shape index (κ1) is 17.7. The highest BCUT2D eigenvalue weighted by Gasteiger charge is 2.27. The SMILES string of the molecule is C=C(CN1CCN(c2ccc(C(C)C)s2)C(=O)C1)C(=O)N(C)C. The molecule has 2 rings (SSSR count). The summed E-state index contributed by atoms with van der Waals surface area (Å²) in [5.41, 5.74) is 0.523. The van der Waals surface area contributed by atoms with Crippen LogP contribution in [0.25, 0.3) is 0 Å². The Balaban J connectivity index is 1.95. The molecule has 6 heteroatoms. The summed E-state index contributed by atoms with van der Waals surface area (Å²) in [6.45, 7) is 10.3. The second-order valence-electron chi connectivity index (χ2n) is 6.39. The summed E-state index contributed by atoms with van der Waals surface area (Å²) in [6, 6.07) is 4.13. The number of carbonyl (C=O) groups excluding carboxylic acids is 2. The number of thiophene rings is 1. The molecule has 2 amide bonds. The van der Waals surface area contributed by atoms with Gasteiger partial charge in [-0.25, -0.2) is 0 Å². The summed E-state index contributed by atoms with van der Waals surface area (Å²) in [6.07, 6.45) is 0. The predicted octanol–water partition coefficient (Wildman–Crippen LogP) is 2.16. The maximum Gasteiger partial charge on any atom is 0.249 e. The van der Waals surface area contributed by atoms with Crippen molar-refractivity contribution in [3.63, 3.8) is 0 Å². The van der Waals surface area contributed by atoms with Crippen molar-refractivity contribution in [1.29, 1.82) is 0 Å². The minimum absolute atomic E-state index is 0.0820. The molecule has 23 heavy (non-hydrogen) atoms. The number of hydrogen-bond acceptors (Lipinski definition) is 4. The van der Waals surface area contributed by atoms with Gasteiger partial charge in [0.05, 0.1) is 11.5 Å². The summed E-state index contributed by atoms with van der Waals surface area (Å²) in [4.78, 5) is 30.9. The second kappa shape index (κ2) is 7.27. The number of amides is 2. The van der Waals surface area contributed by atoms with E-state index in [0.717, 1.165) is 11.5 Å². The quantitative estimate of drug-likeness (QED) is 0.775. The van der Waals surface area contributed by atoms with Gasteiger partial charge in [-0.2, -0.15) is 0 Å². The first-order chi connectivity index (χ1) is 10.8. The van der Waals surface area contributed by atoms with Gasteiger partial charge in [0.25, 0.3) is 0 Å². The predicted molar refractivity (Wildman–Crippen MR) is 95.0 cm³/mol. The molecule has 1 saturated heterocycles. The molecule has 0 bridgehead atoms. The maximum atomic E-state index is 12.4. The average molecular weight is 335 g/mol. The Morgan fingerprint density at radius 1 is 1.35 bits per heavy atom. The first-order valence-electron chi connectivity index (χ1n) is 7.81. The first-order valence-corrected chi connectivity index (χ1v) is 8.63. The van der Waals surface area contributed by atoms with Crippen molar-refractivity contribution in [2.45, 2.75) is 19.8 Å². The highest BCUT2D eigenvalue weighted by Crippen LogP contribution is 2.31. The van der Waals surface area contributed by atoms with E-state index in [1.54, 1.807) is 25.4 Å². The zero-order chi connectivity index (χ0) is 17.1. The minimum atomic E-state index is -0.0836. The summed E-state index contributed by atoms with van der Waals surface area (Å²) in [7, 11) is 3.42. The van der Waals surface area contributed by atoms with Gasteiger partial charge in [-0.3, -0.25) is 14.5 Å². The summed E-state index contributed by atoms with van der Waals surface area (Å²) in [5, 5.41) is 1.02. The number of anilines is 1. The van der Waals surface area contributed by atoms with Gasteiger partial charge < -0.3 is 9.80 Å². The standard InChI is InChI=1S/C17H25N3O2S/c1-12(2)14-6-7-16(23-14)20-9-8-19(11-15(20)21)10-13(3)17(22)18(4)5/h6-7,12H,3,8-11H2,1-2,4-5H3. The van der Waals surface area contributed by atoms with Crippen LogP contribution in [0, 0.1) is 0 Å². The average Bonchev–Trinajstić information content (AvgIpc) is 2.96. The van der Waals surface area contributed by atoms with Crippen molar-refractivity contribution in [1.82, 2.24) is 9.80 Å². The molecule has 0 aliphatic carbocycles. The molecule has 0 spiro atoms. The molecule has 0 unspecified atom stereocenters. The van der Waals surface area contributed by atoms with Gasteiger partial charge in [0, 0.05) is 44.2 Å². The molecule has 1 aromatic rings. The van der Waals surface area contributed by atoms with Crippen molar-refractivity contribution in [3.05, 3.63) is 29.2 Å². The number of nitrogens with zero attached hydrogens (tertiary/aromatic N) is 3. The topological polar surface area (TPSA) is 43.9 Å². The van der Waals surface area contributed by atoms with Gasteiger partial charge in [-0.05, 0) is 18.1 Å². The smallest absolute Gasteiger partial charge is 0.249 e. The Morgan fingerprint density at radius 3 is 2.57 bits per heavy atom. The van der Waals surface area contributed by atoms with E-state index in [-0.39, 0.29) is 11.8 Å². The molecule has 1 aliphatic rings. The van der Waals surface area contributed by atoms with Crippen LogP contribution in [-0.2, 0) is 9.59 Å². The molecule has 0 radical (unpaired) electrons. The third-order valence-electron chi connectivity index (χ3n) is 3.87. The molecule has 0 aromatic carbocycles. The Hall–Kier alpha value is -1.66. The van der Waals surface area contributed by atoms with Crippen LogP contribution in [0.1, 0.15) is 24.6 Å². The zero-order valence-electron chi connectivity index (χ0n) is 14.3. The van der Waals surface area contributed by atoms with Gasteiger partial charge in [0.1, 0.15) is 0 Å². The van der Waals surface area contributed by atoms with E-state index in [4.69, 9.17) is 0 Å². The minimum Gasteiger partial charge on any atom is -0.345 e. The van der Waals surface area contributed by atoms with Crippen LogP contribution >= 0.6 is 11.3 Å². The van der Waals surface area contributed by atoms with Crippen LogP contribution in [0.15, 0.2) is 24.3 Å².